The van der Waals surface area contributed by atoms with Gasteiger partial charge in [-0.15, -0.1) is 0 Å². The molecule has 6 nitrogen and oxygen atoms in total. The lowest BCUT2D eigenvalue weighted by atomic mass is 10.1. The van der Waals surface area contributed by atoms with Crippen molar-refractivity contribution in [3.8, 4) is 5.75 Å². The highest BCUT2D eigenvalue weighted by Crippen LogP contribution is 2.27. The van der Waals surface area contributed by atoms with Crippen molar-refractivity contribution in [2.75, 3.05) is 45.2 Å². The van der Waals surface area contributed by atoms with Crippen LogP contribution < -0.4 is 10.1 Å². The third-order valence-corrected chi connectivity index (χ3v) is 5.01. The average Bonchev–Trinajstić information content (AvgIpc) is 2.69. The van der Waals surface area contributed by atoms with E-state index in [4.69, 9.17) is 27.9 Å². The van der Waals surface area contributed by atoms with Crippen LogP contribution in [-0.4, -0.2) is 61.4 Å². The Bertz CT molecular complexity index is 850. The normalized spacial score (nSPS) is 14.6. The summed E-state index contributed by atoms with van der Waals surface area (Å²) in [7, 11) is 2.04. The number of piperazine rings is 1. The molecule has 1 aliphatic heterocycles. The zero-order valence-corrected chi connectivity index (χ0v) is 17.0. The Morgan fingerprint density at radius 1 is 1.04 bits per heavy atom. The third kappa shape index (κ3) is 5.38. The first-order valence-corrected chi connectivity index (χ1v) is 9.63. The van der Waals surface area contributed by atoms with Gasteiger partial charge < -0.3 is 19.9 Å². The van der Waals surface area contributed by atoms with Crippen LogP contribution in [0.25, 0.3) is 0 Å². The Hall–Kier alpha value is -2.28. The predicted molar refractivity (Wildman–Crippen MR) is 110 cm³/mol. The molecule has 28 heavy (non-hydrogen) atoms. The van der Waals surface area contributed by atoms with E-state index in [0.29, 0.717) is 27.0 Å². The van der Waals surface area contributed by atoms with E-state index in [1.807, 2.05) is 11.9 Å². The fourth-order valence-corrected chi connectivity index (χ4v) is 3.15. The molecule has 0 aliphatic carbocycles. The van der Waals surface area contributed by atoms with E-state index >= 15 is 0 Å². The quantitative estimate of drug-likeness (QED) is 0.803. The van der Waals surface area contributed by atoms with Gasteiger partial charge in [0.2, 0.25) is 0 Å². The number of hydrogen-bond donors (Lipinski definition) is 1. The first-order valence-electron chi connectivity index (χ1n) is 8.88. The van der Waals surface area contributed by atoms with Crippen molar-refractivity contribution in [3.63, 3.8) is 0 Å². The monoisotopic (exact) mass is 421 g/mol. The number of halogens is 2. The molecule has 148 valence electrons. The number of ether oxygens (including phenoxy) is 1. The number of hydrogen-bond acceptors (Lipinski definition) is 4. The third-order valence-electron chi connectivity index (χ3n) is 4.46. The van der Waals surface area contributed by atoms with Gasteiger partial charge in [0.1, 0.15) is 5.75 Å². The molecule has 2 aromatic carbocycles. The molecule has 0 unspecified atom stereocenters. The highest BCUT2D eigenvalue weighted by atomic mass is 35.5. The van der Waals surface area contributed by atoms with Crippen molar-refractivity contribution in [2.24, 2.45) is 0 Å². The summed E-state index contributed by atoms with van der Waals surface area (Å²) in [6, 6.07) is 11.6. The van der Waals surface area contributed by atoms with Gasteiger partial charge in [0.05, 0.1) is 5.02 Å². The largest absolute Gasteiger partial charge is 0.482 e. The maximum Gasteiger partial charge on any atom is 0.262 e. The number of carbonyl (C=O) groups is 2. The lowest BCUT2D eigenvalue weighted by Crippen LogP contribution is -2.47. The van der Waals surface area contributed by atoms with Crippen LogP contribution in [0.15, 0.2) is 42.5 Å². The summed E-state index contributed by atoms with van der Waals surface area (Å²) in [4.78, 5) is 28.7. The van der Waals surface area contributed by atoms with Gasteiger partial charge in [0.25, 0.3) is 11.8 Å². The first-order chi connectivity index (χ1) is 13.4. The molecule has 0 atom stereocenters. The number of rotatable bonds is 5. The van der Waals surface area contributed by atoms with Crippen molar-refractivity contribution >= 4 is 40.7 Å². The van der Waals surface area contributed by atoms with Gasteiger partial charge in [-0.25, -0.2) is 0 Å². The van der Waals surface area contributed by atoms with E-state index in [2.05, 4.69) is 10.2 Å². The molecule has 0 saturated carbocycles. The van der Waals surface area contributed by atoms with Crippen LogP contribution in [0, 0.1) is 0 Å². The number of carbonyl (C=O) groups excluding carboxylic acids is 2. The van der Waals surface area contributed by atoms with Crippen LogP contribution in [0.1, 0.15) is 10.4 Å². The van der Waals surface area contributed by atoms with Crippen LogP contribution in [0.4, 0.5) is 5.69 Å². The molecular formula is C20H21Cl2N3O3. The summed E-state index contributed by atoms with van der Waals surface area (Å²) in [6.45, 7) is 2.98. The lowest BCUT2D eigenvalue weighted by Gasteiger charge is -2.32. The number of anilines is 1. The van der Waals surface area contributed by atoms with Crippen molar-refractivity contribution in [1.29, 1.82) is 0 Å². The van der Waals surface area contributed by atoms with E-state index in [1.165, 1.54) is 0 Å². The van der Waals surface area contributed by atoms with Crippen LogP contribution in [-0.2, 0) is 4.79 Å². The van der Waals surface area contributed by atoms with Crippen LogP contribution in [0.2, 0.25) is 10.0 Å². The van der Waals surface area contributed by atoms with Crippen molar-refractivity contribution in [2.45, 2.75) is 0 Å². The summed E-state index contributed by atoms with van der Waals surface area (Å²) in [6.07, 6.45) is 0. The van der Waals surface area contributed by atoms with Gasteiger partial charge in [0, 0.05) is 48.5 Å². The van der Waals surface area contributed by atoms with Gasteiger partial charge in [-0.1, -0.05) is 23.2 Å². The zero-order chi connectivity index (χ0) is 20.1. The summed E-state index contributed by atoms with van der Waals surface area (Å²) in [5, 5.41) is 3.58. The van der Waals surface area contributed by atoms with E-state index < -0.39 is 0 Å². The molecule has 8 heteroatoms. The molecule has 3 rings (SSSR count). The molecule has 1 saturated heterocycles. The smallest absolute Gasteiger partial charge is 0.262 e. The number of amides is 2. The molecule has 0 spiro atoms. The maximum atomic E-state index is 12.5. The Labute approximate surface area is 174 Å². The second-order valence-corrected chi connectivity index (χ2v) is 7.43. The molecule has 1 N–H and O–H groups in total. The maximum absolute atomic E-state index is 12.5. The Morgan fingerprint density at radius 3 is 2.39 bits per heavy atom. The van der Waals surface area contributed by atoms with E-state index in [9.17, 15) is 9.59 Å². The van der Waals surface area contributed by atoms with Crippen LogP contribution >= 0.6 is 23.2 Å². The minimum absolute atomic E-state index is 0.00454. The Morgan fingerprint density at radius 2 is 1.71 bits per heavy atom. The topological polar surface area (TPSA) is 61.9 Å². The van der Waals surface area contributed by atoms with Gasteiger partial charge in [0.15, 0.2) is 6.61 Å². The summed E-state index contributed by atoms with van der Waals surface area (Å²) in [5.74, 6) is 0.0107. The van der Waals surface area contributed by atoms with Crippen molar-refractivity contribution in [3.05, 3.63) is 58.1 Å². The lowest BCUT2D eigenvalue weighted by molar-refractivity contribution is -0.118. The van der Waals surface area contributed by atoms with Crippen molar-refractivity contribution < 1.29 is 14.3 Å². The Balaban J connectivity index is 1.53. The SMILES string of the molecule is CN1CCN(C(=O)c2ccc(NC(=O)COc3cc(Cl)ccc3Cl)cc2)CC1. The molecule has 1 aliphatic rings. The molecule has 1 fully saturated rings. The molecule has 0 aromatic heterocycles. The summed E-state index contributed by atoms with van der Waals surface area (Å²) < 4.78 is 5.41. The zero-order valence-electron chi connectivity index (χ0n) is 15.5. The minimum Gasteiger partial charge on any atom is -0.482 e. The van der Waals surface area contributed by atoms with Gasteiger partial charge in [-0.05, 0) is 43.4 Å². The highest BCUT2D eigenvalue weighted by molar-refractivity contribution is 6.34. The van der Waals surface area contributed by atoms with E-state index in [-0.39, 0.29) is 18.4 Å². The standard InChI is InChI=1S/C20H21Cl2N3O3/c1-24-8-10-25(11-9-24)20(27)14-2-5-16(6-3-14)23-19(26)13-28-18-12-15(21)4-7-17(18)22/h2-7,12H,8-11,13H2,1H3,(H,23,26). The Kier molecular flexibility index (Phi) is 6.78. The number of likely N-dealkylation sites (N-methyl/N-ethyl adjacent to an activating group) is 1. The van der Waals surface area contributed by atoms with Gasteiger partial charge in [-0.3, -0.25) is 9.59 Å². The first kappa shape index (κ1) is 20.5. The fraction of sp³-hybridized carbons (Fsp3) is 0.300. The van der Waals surface area contributed by atoms with E-state index in [0.717, 1.165) is 26.2 Å². The highest BCUT2D eigenvalue weighted by Gasteiger charge is 2.20. The molecular weight excluding hydrogens is 401 g/mol. The second-order valence-electron chi connectivity index (χ2n) is 6.58. The van der Waals surface area contributed by atoms with Crippen molar-refractivity contribution in [1.82, 2.24) is 9.80 Å². The van der Waals surface area contributed by atoms with Gasteiger partial charge in [-0.2, -0.15) is 0 Å². The molecule has 2 aromatic rings. The number of benzene rings is 2. The molecule has 0 bridgehead atoms. The fourth-order valence-electron chi connectivity index (χ4n) is 2.82. The van der Waals surface area contributed by atoms with Crippen LogP contribution in [0.3, 0.4) is 0 Å². The average molecular weight is 422 g/mol. The summed E-state index contributed by atoms with van der Waals surface area (Å²) in [5.41, 5.74) is 1.19. The van der Waals surface area contributed by atoms with Crippen LogP contribution in [0.5, 0.6) is 5.75 Å². The predicted octanol–water partition coefficient (Wildman–Crippen LogP) is 3.40. The number of nitrogens with one attached hydrogen (secondary N) is 1. The molecule has 2 amide bonds. The van der Waals surface area contributed by atoms with E-state index in [1.54, 1.807) is 42.5 Å². The summed E-state index contributed by atoms with van der Waals surface area (Å²) >= 11 is 11.9. The number of nitrogens with zero attached hydrogens (tertiary/aromatic N) is 2. The molecule has 1 heterocycles. The minimum atomic E-state index is -0.339. The second kappa shape index (κ2) is 9.28. The molecule has 0 radical (unpaired) electrons. The van der Waals surface area contributed by atoms with Gasteiger partial charge >= 0.3 is 0 Å².